The van der Waals surface area contributed by atoms with Crippen molar-refractivity contribution < 1.29 is 29.9 Å². The lowest BCUT2D eigenvalue weighted by Crippen LogP contribution is -2.60. The summed E-state index contributed by atoms with van der Waals surface area (Å²) in [5.74, 6) is 0.555. The molecule has 1 aromatic heterocycles. The van der Waals surface area contributed by atoms with Gasteiger partial charge in [-0.2, -0.15) is 0 Å². The van der Waals surface area contributed by atoms with E-state index < -0.39 is 37.3 Å². The van der Waals surface area contributed by atoms with E-state index in [-0.39, 0.29) is 0 Å². The number of benzene rings is 1. The van der Waals surface area contributed by atoms with E-state index in [0.717, 1.165) is 16.9 Å². The molecule has 1 fully saturated rings. The smallest absolute Gasteiger partial charge is 0.229 e. The third-order valence-corrected chi connectivity index (χ3v) is 5.49. The van der Waals surface area contributed by atoms with Crippen LogP contribution < -0.4 is 4.74 Å². The maximum Gasteiger partial charge on any atom is 0.229 e. The Kier molecular flexibility index (Phi) is 6.29. The summed E-state index contributed by atoms with van der Waals surface area (Å²) in [6.07, 6.45) is -4.74. The molecule has 1 aromatic carbocycles. The number of hydrogen-bond donors (Lipinski definition) is 4. The molecule has 1 aliphatic rings. The molecule has 7 heteroatoms. The van der Waals surface area contributed by atoms with Gasteiger partial charge in [-0.1, -0.05) is 31.2 Å². The quantitative estimate of drug-likeness (QED) is 0.599. The molecule has 3 rings (SSSR count). The Morgan fingerprint density at radius 3 is 2.35 bits per heavy atom. The molecule has 0 amide bonds. The van der Waals surface area contributed by atoms with Gasteiger partial charge in [-0.05, 0) is 29.0 Å². The minimum absolute atomic E-state index is 0.481. The van der Waals surface area contributed by atoms with E-state index >= 15 is 0 Å². The standard InChI is InChI=1S/C19H24O6S/c1-2-11-3-5-12(6-4-11)9-15-13(7-8-26-15)24-19-18(23)17(22)16(21)14(10-20)25-19/h3-8,14,16-23H,2,9-10H2,1H3. The van der Waals surface area contributed by atoms with Gasteiger partial charge in [0.15, 0.2) is 0 Å². The van der Waals surface area contributed by atoms with Crippen molar-refractivity contribution in [2.75, 3.05) is 6.61 Å². The van der Waals surface area contributed by atoms with Crippen LogP contribution in [0.1, 0.15) is 22.9 Å². The van der Waals surface area contributed by atoms with Crippen molar-refractivity contribution >= 4 is 11.3 Å². The molecule has 2 aromatic rings. The summed E-state index contributed by atoms with van der Waals surface area (Å²) in [4.78, 5) is 0.964. The molecule has 4 N–H and O–H groups in total. The Morgan fingerprint density at radius 1 is 1.00 bits per heavy atom. The first-order chi connectivity index (χ1) is 12.5. The first kappa shape index (κ1) is 19.3. The minimum Gasteiger partial charge on any atom is -0.461 e. The van der Waals surface area contributed by atoms with Crippen LogP contribution in [0.15, 0.2) is 35.7 Å². The van der Waals surface area contributed by atoms with Gasteiger partial charge in [-0.25, -0.2) is 0 Å². The molecule has 1 saturated heterocycles. The average Bonchev–Trinajstić information content (AvgIpc) is 3.09. The van der Waals surface area contributed by atoms with E-state index in [1.165, 1.54) is 16.9 Å². The first-order valence-corrected chi connectivity index (χ1v) is 9.52. The molecule has 26 heavy (non-hydrogen) atoms. The lowest BCUT2D eigenvalue weighted by atomic mass is 9.99. The molecule has 0 saturated carbocycles. The number of aliphatic hydroxyl groups is 4. The predicted octanol–water partition coefficient (Wildman–Crippen LogP) is 1.08. The zero-order valence-electron chi connectivity index (χ0n) is 14.5. The maximum atomic E-state index is 10.1. The maximum absolute atomic E-state index is 10.1. The molecule has 2 heterocycles. The first-order valence-electron chi connectivity index (χ1n) is 8.64. The van der Waals surface area contributed by atoms with Crippen LogP contribution in [0, 0.1) is 0 Å². The van der Waals surface area contributed by atoms with Crippen molar-refractivity contribution in [3.8, 4) is 5.75 Å². The number of aliphatic hydroxyl groups excluding tert-OH is 4. The van der Waals surface area contributed by atoms with Crippen molar-refractivity contribution in [1.82, 2.24) is 0 Å². The fraction of sp³-hybridized carbons (Fsp3) is 0.474. The van der Waals surface area contributed by atoms with Crippen LogP contribution in [0.25, 0.3) is 0 Å². The molecule has 0 aliphatic carbocycles. The van der Waals surface area contributed by atoms with Crippen LogP contribution in [0.5, 0.6) is 5.75 Å². The largest absolute Gasteiger partial charge is 0.461 e. The molecule has 5 unspecified atom stereocenters. The summed E-state index contributed by atoms with van der Waals surface area (Å²) in [5, 5.41) is 41.0. The number of hydrogen-bond acceptors (Lipinski definition) is 7. The molecule has 5 atom stereocenters. The zero-order chi connectivity index (χ0) is 18.7. The van der Waals surface area contributed by atoms with Crippen molar-refractivity contribution in [2.24, 2.45) is 0 Å². The van der Waals surface area contributed by atoms with Gasteiger partial charge >= 0.3 is 0 Å². The lowest BCUT2D eigenvalue weighted by Gasteiger charge is -2.39. The second-order valence-corrected chi connectivity index (χ2v) is 7.37. The van der Waals surface area contributed by atoms with Gasteiger partial charge in [0.05, 0.1) is 11.5 Å². The molecular formula is C19H24O6S. The topological polar surface area (TPSA) is 99.4 Å². The predicted molar refractivity (Wildman–Crippen MR) is 97.3 cm³/mol. The van der Waals surface area contributed by atoms with E-state index in [4.69, 9.17) is 9.47 Å². The summed E-state index contributed by atoms with van der Waals surface area (Å²) in [6.45, 7) is 1.63. The van der Waals surface area contributed by atoms with E-state index in [2.05, 4.69) is 31.2 Å². The highest BCUT2D eigenvalue weighted by atomic mass is 32.1. The Morgan fingerprint density at radius 2 is 1.69 bits per heavy atom. The molecule has 0 spiro atoms. The van der Waals surface area contributed by atoms with E-state index in [1.807, 2.05) is 5.38 Å². The van der Waals surface area contributed by atoms with Gasteiger partial charge in [0.2, 0.25) is 6.29 Å². The fourth-order valence-electron chi connectivity index (χ4n) is 2.93. The zero-order valence-corrected chi connectivity index (χ0v) is 15.3. The summed E-state index contributed by atoms with van der Waals surface area (Å²) in [7, 11) is 0. The number of ether oxygens (including phenoxy) is 2. The lowest BCUT2D eigenvalue weighted by molar-refractivity contribution is -0.277. The van der Waals surface area contributed by atoms with Crippen LogP contribution in [-0.2, 0) is 17.6 Å². The second kappa shape index (κ2) is 8.47. The normalized spacial score (nSPS) is 28.9. The summed E-state index contributed by atoms with van der Waals surface area (Å²) >= 11 is 1.53. The molecule has 1 aliphatic heterocycles. The molecule has 6 nitrogen and oxygen atoms in total. The number of thiophene rings is 1. The fourth-order valence-corrected chi connectivity index (χ4v) is 3.77. The highest BCUT2D eigenvalue weighted by molar-refractivity contribution is 7.10. The Labute approximate surface area is 156 Å². The van der Waals surface area contributed by atoms with Gasteiger partial charge in [0, 0.05) is 6.42 Å². The van der Waals surface area contributed by atoms with Gasteiger partial charge in [0.1, 0.15) is 30.2 Å². The van der Waals surface area contributed by atoms with E-state index in [9.17, 15) is 20.4 Å². The van der Waals surface area contributed by atoms with E-state index in [0.29, 0.717) is 12.2 Å². The van der Waals surface area contributed by atoms with Crippen LogP contribution in [0.2, 0.25) is 0 Å². The van der Waals surface area contributed by atoms with Crippen molar-refractivity contribution in [3.63, 3.8) is 0 Å². The number of aryl methyl sites for hydroxylation is 1. The molecule has 142 valence electrons. The Balaban J connectivity index is 1.71. The van der Waals surface area contributed by atoms with Crippen molar-refractivity contribution in [3.05, 3.63) is 51.7 Å². The summed E-state index contributed by atoms with van der Waals surface area (Å²) in [6, 6.07) is 10.1. The minimum atomic E-state index is -1.45. The van der Waals surface area contributed by atoms with Crippen LogP contribution in [-0.4, -0.2) is 57.7 Å². The van der Waals surface area contributed by atoms with Gasteiger partial charge < -0.3 is 29.9 Å². The molecular weight excluding hydrogens is 356 g/mol. The third kappa shape index (κ3) is 4.09. The summed E-state index contributed by atoms with van der Waals surface area (Å²) < 4.78 is 11.2. The Hall–Kier alpha value is -1.48. The Bertz CT molecular complexity index is 698. The summed E-state index contributed by atoms with van der Waals surface area (Å²) in [5.41, 5.74) is 2.42. The van der Waals surface area contributed by atoms with Gasteiger partial charge in [-0.3, -0.25) is 0 Å². The third-order valence-electron chi connectivity index (χ3n) is 4.59. The highest BCUT2D eigenvalue weighted by Gasteiger charge is 2.44. The average molecular weight is 380 g/mol. The van der Waals surface area contributed by atoms with Crippen LogP contribution >= 0.6 is 11.3 Å². The monoisotopic (exact) mass is 380 g/mol. The van der Waals surface area contributed by atoms with Gasteiger partial charge in [0.25, 0.3) is 0 Å². The van der Waals surface area contributed by atoms with Crippen LogP contribution in [0.3, 0.4) is 0 Å². The number of rotatable bonds is 6. The van der Waals surface area contributed by atoms with Crippen molar-refractivity contribution in [2.45, 2.75) is 50.5 Å². The van der Waals surface area contributed by atoms with Crippen LogP contribution in [0.4, 0.5) is 0 Å². The van der Waals surface area contributed by atoms with Crippen molar-refractivity contribution in [1.29, 1.82) is 0 Å². The molecule has 0 radical (unpaired) electrons. The molecule has 0 bridgehead atoms. The van der Waals surface area contributed by atoms with Gasteiger partial charge in [-0.15, -0.1) is 11.3 Å². The SMILES string of the molecule is CCc1ccc(Cc2sccc2OC2OC(CO)C(O)C(O)C2O)cc1. The highest BCUT2D eigenvalue weighted by Crippen LogP contribution is 2.31. The van der Waals surface area contributed by atoms with E-state index in [1.54, 1.807) is 6.07 Å². The second-order valence-electron chi connectivity index (χ2n) is 6.37.